The second-order valence-corrected chi connectivity index (χ2v) is 29.9. The molecule has 0 aliphatic rings. The second-order valence-electron chi connectivity index (χ2n) is 29.9. The largest absolute Gasteiger partial charge is 0.278 e. The lowest BCUT2D eigenvalue weighted by molar-refractivity contribution is 0.981. The third-order valence-corrected chi connectivity index (χ3v) is 23.0. The smallest absolute Gasteiger partial charge is 0.221 e. The van der Waals surface area contributed by atoms with Crippen molar-refractivity contribution in [3.8, 4) is 91.4 Å². The van der Waals surface area contributed by atoms with Crippen LogP contribution in [0.4, 0.5) is 0 Å². The summed E-state index contributed by atoms with van der Waals surface area (Å²) in [5, 5.41) is 15.4. The topological polar surface area (TPSA) is 148 Å². The van der Waals surface area contributed by atoms with Crippen LogP contribution in [-0.4, -0.2) is 67.8 Å². The molecular formula is C104H62N14. The van der Waals surface area contributed by atoms with Gasteiger partial charge >= 0.3 is 0 Å². The van der Waals surface area contributed by atoms with Crippen LogP contribution in [0.5, 0.6) is 0 Å². The van der Waals surface area contributed by atoms with E-state index in [1.54, 1.807) is 0 Å². The fraction of sp³-hybridized carbons (Fsp3) is 0. The van der Waals surface area contributed by atoms with Gasteiger partial charge in [0.15, 0.2) is 34.9 Å². The highest BCUT2D eigenvalue weighted by atomic mass is 15.2. The number of imidazole rings is 2. The number of hydrogen-bond donors (Lipinski definition) is 0. The van der Waals surface area contributed by atoms with Gasteiger partial charge in [-0.3, -0.25) is 17.9 Å². The molecule has 0 saturated carbocycles. The summed E-state index contributed by atoms with van der Waals surface area (Å²) in [5.74, 6) is 5.32. The summed E-state index contributed by atoms with van der Waals surface area (Å²) in [4.78, 5) is 52.0. The molecule has 0 amide bonds. The van der Waals surface area contributed by atoms with Gasteiger partial charge in [-0.05, 0) is 134 Å². The van der Waals surface area contributed by atoms with Crippen LogP contribution in [0.1, 0.15) is 0 Å². The highest BCUT2D eigenvalue weighted by Gasteiger charge is 2.27. The van der Waals surface area contributed by atoms with Gasteiger partial charge in [-0.15, -0.1) is 0 Å². The molecule has 14 nitrogen and oxygen atoms in total. The molecule has 0 spiro atoms. The molecule has 0 aliphatic heterocycles. The van der Waals surface area contributed by atoms with Crippen LogP contribution in [0.3, 0.4) is 0 Å². The Morgan fingerprint density at radius 2 is 0.500 bits per heavy atom. The van der Waals surface area contributed by atoms with Crippen LogP contribution in [0.25, 0.3) is 233 Å². The number of aromatic nitrogens is 14. The van der Waals surface area contributed by atoms with Crippen molar-refractivity contribution in [1.29, 1.82) is 0 Å². The Hall–Kier alpha value is -16.3. The van der Waals surface area contributed by atoms with Crippen molar-refractivity contribution in [3.63, 3.8) is 0 Å². The molecule has 0 unspecified atom stereocenters. The minimum absolute atomic E-state index is 0.609. The minimum Gasteiger partial charge on any atom is -0.278 e. The van der Waals surface area contributed by atoms with Gasteiger partial charge in [-0.2, -0.15) is 0 Å². The monoisotopic (exact) mass is 1510 g/mol. The van der Waals surface area contributed by atoms with Crippen molar-refractivity contribution in [3.05, 3.63) is 376 Å². The minimum atomic E-state index is 0.609. The van der Waals surface area contributed by atoms with Crippen LogP contribution in [-0.2, 0) is 0 Å². The first-order chi connectivity index (χ1) is 58.5. The van der Waals surface area contributed by atoms with Crippen molar-refractivity contribution >= 4 is 142 Å². The van der Waals surface area contributed by atoms with E-state index in [1.807, 2.05) is 84.9 Å². The summed E-state index contributed by atoms with van der Waals surface area (Å²) in [6.07, 6.45) is 0. The van der Waals surface area contributed by atoms with Gasteiger partial charge in [0.2, 0.25) is 11.9 Å². The molecule has 0 fully saturated rings. The maximum Gasteiger partial charge on any atom is 0.221 e. The molecule has 0 saturated heterocycles. The zero-order valence-corrected chi connectivity index (χ0v) is 63.1. The van der Waals surface area contributed by atoms with E-state index in [2.05, 4.69) is 309 Å². The molecule has 17 aromatic carbocycles. The summed E-state index contributed by atoms with van der Waals surface area (Å²) >= 11 is 0. The van der Waals surface area contributed by atoms with Crippen LogP contribution < -0.4 is 0 Å². The summed E-state index contributed by atoms with van der Waals surface area (Å²) in [6, 6.07) is 131. The molecule has 548 valence electrons. The number of rotatable bonds is 9. The molecule has 8 aromatic heterocycles. The summed E-state index contributed by atoms with van der Waals surface area (Å²) in [5.41, 5.74) is 19.4. The SMILES string of the molecule is c1ccc(-c2nc(-c3ccccc3)nc(-c3cccc(-c4cc5c6ccccc6n(-c6nc7ccccc7c7nc8ccccc8n67)c5c5ccccc45)c3)n2)cc1.c1ccc2cc(-c3nc(-c4ccc5ccccc5c4)nc(-c4cc5c6ccccc6n(-c6nc7ccccc7c7nc8ccccc8n67)c5c5ccccc45)n3)ccc2c1. The van der Waals surface area contributed by atoms with Crippen molar-refractivity contribution in [2.75, 3.05) is 0 Å². The molecule has 14 heteroatoms. The van der Waals surface area contributed by atoms with E-state index in [-0.39, 0.29) is 0 Å². The lowest BCUT2D eigenvalue weighted by Gasteiger charge is -2.15. The van der Waals surface area contributed by atoms with E-state index < -0.39 is 0 Å². The van der Waals surface area contributed by atoms with E-state index in [4.69, 9.17) is 49.8 Å². The van der Waals surface area contributed by atoms with Gasteiger partial charge in [0.05, 0.1) is 55.2 Å². The number of hydrogen-bond acceptors (Lipinski definition) is 10. The van der Waals surface area contributed by atoms with E-state index in [0.717, 1.165) is 188 Å². The zero-order chi connectivity index (χ0) is 77.5. The van der Waals surface area contributed by atoms with Crippen molar-refractivity contribution < 1.29 is 0 Å². The van der Waals surface area contributed by atoms with Crippen molar-refractivity contribution in [2.45, 2.75) is 0 Å². The summed E-state index contributed by atoms with van der Waals surface area (Å²) in [7, 11) is 0. The molecule has 118 heavy (non-hydrogen) atoms. The second kappa shape index (κ2) is 26.7. The highest BCUT2D eigenvalue weighted by Crippen LogP contribution is 2.46. The van der Waals surface area contributed by atoms with Crippen LogP contribution >= 0.6 is 0 Å². The first-order valence-corrected chi connectivity index (χ1v) is 39.5. The molecule has 0 bridgehead atoms. The van der Waals surface area contributed by atoms with Crippen molar-refractivity contribution in [2.24, 2.45) is 0 Å². The third-order valence-electron chi connectivity index (χ3n) is 23.0. The zero-order valence-electron chi connectivity index (χ0n) is 63.1. The Balaban J connectivity index is 0.000000135. The average Bonchev–Trinajstić information content (AvgIpc) is 1.54. The molecule has 25 rings (SSSR count). The van der Waals surface area contributed by atoms with Gasteiger partial charge in [0.25, 0.3) is 0 Å². The average molecular weight is 1510 g/mol. The predicted molar refractivity (Wildman–Crippen MR) is 480 cm³/mol. The first kappa shape index (κ1) is 66.3. The Labute approximate surface area is 672 Å². The van der Waals surface area contributed by atoms with E-state index >= 15 is 0 Å². The molecule has 0 N–H and O–H groups in total. The Bertz CT molecular complexity index is 8320. The van der Waals surface area contributed by atoms with E-state index in [9.17, 15) is 0 Å². The number of fused-ring (bicyclic) bond motifs is 22. The van der Waals surface area contributed by atoms with E-state index in [1.165, 1.54) is 10.8 Å². The lowest BCUT2D eigenvalue weighted by atomic mass is 9.94. The quantitative estimate of drug-likeness (QED) is 0.137. The van der Waals surface area contributed by atoms with Gasteiger partial charge < -0.3 is 0 Å². The number of para-hydroxylation sites is 8. The summed E-state index contributed by atoms with van der Waals surface area (Å²) < 4.78 is 9.09. The normalized spacial score (nSPS) is 11.9. The maximum absolute atomic E-state index is 5.44. The highest BCUT2D eigenvalue weighted by molar-refractivity contribution is 6.24. The van der Waals surface area contributed by atoms with Gasteiger partial charge in [-0.1, -0.05) is 285 Å². The van der Waals surface area contributed by atoms with Gasteiger partial charge in [0.1, 0.15) is 11.3 Å². The maximum atomic E-state index is 5.44. The fourth-order valence-electron chi connectivity index (χ4n) is 17.6. The predicted octanol–water partition coefficient (Wildman–Crippen LogP) is 24.9. The Morgan fingerprint density at radius 1 is 0.169 bits per heavy atom. The third kappa shape index (κ3) is 10.7. The molecule has 25 aromatic rings. The molecule has 0 atom stereocenters. The molecule has 0 aliphatic carbocycles. The lowest BCUT2D eigenvalue weighted by Crippen LogP contribution is -2.06. The van der Waals surface area contributed by atoms with Crippen LogP contribution in [0.15, 0.2) is 376 Å². The van der Waals surface area contributed by atoms with Crippen molar-refractivity contribution in [1.82, 2.24) is 67.8 Å². The van der Waals surface area contributed by atoms with Gasteiger partial charge in [-0.25, -0.2) is 49.8 Å². The Kier molecular flexibility index (Phi) is 15.0. The Morgan fingerprint density at radius 3 is 0.975 bits per heavy atom. The number of nitrogens with zero attached hydrogens (tertiary/aromatic N) is 14. The van der Waals surface area contributed by atoms with Crippen LogP contribution in [0.2, 0.25) is 0 Å². The molecule has 0 radical (unpaired) electrons. The molecular weight excluding hydrogens is 1450 g/mol. The fourth-order valence-corrected chi connectivity index (χ4v) is 17.6. The number of benzene rings is 17. The standard InChI is InChI=1S/C53H31N7.C51H31N7/c1-3-15-34-29-36(27-25-32(34)13-1)49-56-50(37-28-26-33-14-2-4-16-35(33)30-37)58-51(57-49)43-31-42-39-18-8-11-23-46(39)59(48(42)40-19-6-5-17-38(40)43)53-55-44-21-9-7-20-41(44)52-54-45-22-10-12-24-47(45)60(52)53;1-3-16-32(17-4-1)47-54-48(33-18-5-2-6-19-33)56-49(55-47)35-21-15-20-34(30-35)40-31-41-37-23-10-13-28-44(37)57(46(41)38-24-8-7-22-36(38)40)51-53-42-26-11-9-25-39(42)50-52-43-27-12-14-29-45(43)58(50)51/h1-31H;1-31H. The van der Waals surface area contributed by atoms with E-state index in [0.29, 0.717) is 34.9 Å². The van der Waals surface area contributed by atoms with Gasteiger partial charge in [0, 0.05) is 76.5 Å². The van der Waals surface area contributed by atoms with Crippen LogP contribution in [0, 0.1) is 0 Å². The molecule has 8 heterocycles. The summed E-state index contributed by atoms with van der Waals surface area (Å²) in [6.45, 7) is 0. The first-order valence-electron chi connectivity index (χ1n) is 39.5.